The number of hydrogen-bond acceptors (Lipinski definition) is 3. The van der Waals surface area contributed by atoms with Crippen molar-refractivity contribution in [3.05, 3.63) is 28.8 Å². The molecule has 1 aliphatic heterocycles. The summed E-state index contributed by atoms with van der Waals surface area (Å²) in [5.41, 5.74) is 0.473. The zero-order valence-corrected chi connectivity index (χ0v) is 11.8. The number of nitrogens with zero attached hydrogens (tertiary/aromatic N) is 1. The normalized spacial score (nSPS) is 20.2. The maximum atomic E-state index is 12.0. The van der Waals surface area contributed by atoms with Crippen LogP contribution in [-0.2, 0) is 0 Å². The van der Waals surface area contributed by atoms with Gasteiger partial charge in [-0.05, 0) is 44.6 Å². The number of likely N-dealkylation sites (N-methyl/N-ethyl adjacent to an activating group) is 1. The van der Waals surface area contributed by atoms with Crippen molar-refractivity contribution < 1.29 is 9.90 Å². The highest BCUT2D eigenvalue weighted by Crippen LogP contribution is 2.23. The number of likely N-dealkylation sites (tertiary alicyclic amines) is 1. The van der Waals surface area contributed by atoms with Gasteiger partial charge < -0.3 is 15.3 Å². The Bertz CT molecular complexity index is 465. The molecule has 2 N–H and O–H groups in total. The number of hydrogen-bond donors (Lipinski definition) is 2. The average Bonchev–Trinajstić information content (AvgIpc) is 2.40. The van der Waals surface area contributed by atoms with Gasteiger partial charge in [0.1, 0.15) is 5.75 Å². The molecule has 0 saturated carbocycles. The van der Waals surface area contributed by atoms with Gasteiger partial charge >= 0.3 is 0 Å². The standard InChI is InChI=1S/C14H19ClN2O2/c1-17-7-3-2-4-11(17)9-16-14(19)10-5-6-13(18)12(15)8-10/h5-6,8,11,18H,2-4,7,9H2,1H3,(H,16,19). The van der Waals surface area contributed by atoms with Gasteiger partial charge in [0.25, 0.3) is 5.91 Å². The molecule has 104 valence electrons. The first-order valence-electron chi connectivity index (χ1n) is 6.55. The van der Waals surface area contributed by atoms with Crippen molar-refractivity contribution in [2.75, 3.05) is 20.1 Å². The van der Waals surface area contributed by atoms with Crippen LogP contribution in [0, 0.1) is 0 Å². The Morgan fingerprint density at radius 1 is 1.53 bits per heavy atom. The summed E-state index contributed by atoms with van der Waals surface area (Å²) in [4.78, 5) is 14.3. The first kappa shape index (κ1) is 14.2. The molecule has 1 aliphatic rings. The van der Waals surface area contributed by atoms with Gasteiger partial charge in [0.05, 0.1) is 5.02 Å². The van der Waals surface area contributed by atoms with Crippen LogP contribution in [0.3, 0.4) is 0 Å². The second-order valence-corrected chi connectivity index (χ2v) is 5.41. The van der Waals surface area contributed by atoms with Crippen LogP contribution in [0.25, 0.3) is 0 Å². The lowest BCUT2D eigenvalue weighted by Crippen LogP contribution is -2.44. The minimum absolute atomic E-state index is 0.00905. The number of carbonyl (C=O) groups excluding carboxylic acids is 1. The number of rotatable bonds is 3. The molecular formula is C14H19ClN2O2. The Hall–Kier alpha value is -1.26. The lowest BCUT2D eigenvalue weighted by molar-refractivity contribution is 0.0928. The van der Waals surface area contributed by atoms with E-state index in [1.54, 1.807) is 6.07 Å². The predicted molar refractivity (Wildman–Crippen MR) is 75.7 cm³/mol. The van der Waals surface area contributed by atoms with Gasteiger partial charge in [-0.2, -0.15) is 0 Å². The van der Waals surface area contributed by atoms with Crippen LogP contribution in [0.5, 0.6) is 5.75 Å². The van der Waals surface area contributed by atoms with Crippen LogP contribution in [0.1, 0.15) is 29.6 Å². The summed E-state index contributed by atoms with van der Waals surface area (Å²) in [6, 6.07) is 4.90. The first-order valence-corrected chi connectivity index (χ1v) is 6.92. The van der Waals surface area contributed by atoms with Crippen molar-refractivity contribution in [1.29, 1.82) is 0 Å². The lowest BCUT2D eigenvalue weighted by Gasteiger charge is -2.32. The molecule has 5 heteroatoms. The number of piperidine rings is 1. The van der Waals surface area contributed by atoms with Crippen LogP contribution >= 0.6 is 11.6 Å². The number of halogens is 1. The quantitative estimate of drug-likeness (QED) is 0.894. The monoisotopic (exact) mass is 282 g/mol. The van der Waals surface area contributed by atoms with Crippen LogP contribution in [0.2, 0.25) is 5.02 Å². The van der Waals surface area contributed by atoms with Crippen molar-refractivity contribution in [1.82, 2.24) is 10.2 Å². The molecule has 1 aromatic carbocycles. The minimum Gasteiger partial charge on any atom is -0.506 e. The smallest absolute Gasteiger partial charge is 0.251 e. The van der Waals surface area contributed by atoms with E-state index in [2.05, 4.69) is 17.3 Å². The van der Waals surface area contributed by atoms with Crippen molar-refractivity contribution in [3.63, 3.8) is 0 Å². The summed E-state index contributed by atoms with van der Waals surface area (Å²) >= 11 is 5.79. The van der Waals surface area contributed by atoms with E-state index < -0.39 is 0 Å². The van der Waals surface area contributed by atoms with E-state index in [0.29, 0.717) is 18.2 Å². The summed E-state index contributed by atoms with van der Waals surface area (Å²) in [7, 11) is 2.09. The Balaban J connectivity index is 1.91. The van der Waals surface area contributed by atoms with E-state index in [9.17, 15) is 9.90 Å². The highest BCUT2D eigenvalue weighted by molar-refractivity contribution is 6.32. The van der Waals surface area contributed by atoms with E-state index in [0.717, 1.165) is 13.0 Å². The van der Waals surface area contributed by atoms with Gasteiger partial charge in [-0.15, -0.1) is 0 Å². The Morgan fingerprint density at radius 2 is 2.32 bits per heavy atom. The molecule has 0 bridgehead atoms. The van der Waals surface area contributed by atoms with E-state index in [1.165, 1.54) is 25.0 Å². The lowest BCUT2D eigenvalue weighted by atomic mass is 10.0. The number of amides is 1. The highest BCUT2D eigenvalue weighted by Gasteiger charge is 2.19. The molecule has 1 unspecified atom stereocenters. The minimum atomic E-state index is -0.152. The summed E-state index contributed by atoms with van der Waals surface area (Å²) in [6.45, 7) is 1.74. The van der Waals surface area contributed by atoms with Gasteiger partial charge in [0.15, 0.2) is 0 Å². The fourth-order valence-electron chi connectivity index (χ4n) is 2.36. The fraction of sp³-hybridized carbons (Fsp3) is 0.500. The molecule has 1 fully saturated rings. The number of phenolic OH excluding ortho intramolecular Hbond substituents is 1. The van der Waals surface area contributed by atoms with Crippen molar-refractivity contribution in [2.24, 2.45) is 0 Å². The topological polar surface area (TPSA) is 52.6 Å². The Labute approximate surface area is 118 Å². The zero-order valence-electron chi connectivity index (χ0n) is 11.0. The molecule has 0 spiro atoms. The molecular weight excluding hydrogens is 264 g/mol. The second-order valence-electron chi connectivity index (χ2n) is 5.01. The zero-order chi connectivity index (χ0) is 13.8. The van der Waals surface area contributed by atoms with Gasteiger partial charge in [-0.25, -0.2) is 0 Å². The van der Waals surface area contributed by atoms with E-state index in [-0.39, 0.29) is 16.7 Å². The first-order chi connectivity index (χ1) is 9.08. The molecule has 1 amide bonds. The Kier molecular flexibility index (Phi) is 4.66. The van der Waals surface area contributed by atoms with Crippen LogP contribution in [0.15, 0.2) is 18.2 Å². The van der Waals surface area contributed by atoms with Gasteiger partial charge in [-0.1, -0.05) is 18.0 Å². The van der Waals surface area contributed by atoms with Crippen LogP contribution < -0.4 is 5.32 Å². The SMILES string of the molecule is CN1CCCCC1CNC(=O)c1ccc(O)c(Cl)c1. The van der Waals surface area contributed by atoms with E-state index in [4.69, 9.17) is 11.6 Å². The molecule has 1 heterocycles. The molecule has 0 radical (unpaired) electrons. The number of benzene rings is 1. The van der Waals surface area contributed by atoms with Crippen LogP contribution in [-0.4, -0.2) is 42.1 Å². The molecule has 0 aromatic heterocycles. The number of carbonyl (C=O) groups is 1. The Morgan fingerprint density at radius 3 is 3.00 bits per heavy atom. The number of aromatic hydroxyl groups is 1. The maximum Gasteiger partial charge on any atom is 0.251 e. The van der Waals surface area contributed by atoms with E-state index in [1.807, 2.05) is 0 Å². The summed E-state index contributed by atoms with van der Waals surface area (Å²) < 4.78 is 0. The van der Waals surface area contributed by atoms with Gasteiger partial charge in [-0.3, -0.25) is 4.79 Å². The number of nitrogens with one attached hydrogen (secondary N) is 1. The summed E-state index contributed by atoms with van der Waals surface area (Å²) in [5.74, 6) is -0.161. The molecule has 0 aliphatic carbocycles. The average molecular weight is 283 g/mol. The molecule has 4 nitrogen and oxygen atoms in total. The van der Waals surface area contributed by atoms with Gasteiger partial charge in [0.2, 0.25) is 0 Å². The van der Waals surface area contributed by atoms with E-state index >= 15 is 0 Å². The maximum absolute atomic E-state index is 12.0. The summed E-state index contributed by atoms with van der Waals surface area (Å²) in [6.07, 6.45) is 3.57. The highest BCUT2D eigenvalue weighted by atomic mass is 35.5. The second kappa shape index (κ2) is 6.26. The molecule has 1 aromatic rings. The van der Waals surface area contributed by atoms with Crippen molar-refractivity contribution in [2.45, 2.75) is 25.3 Å². The predicted octanol–water partition coefficient (Wildman–Crippen LogP) is 2.26. The van der Waals surface area contributed by atoms with Crippen molar-refractivity contribution in [3.8, 4) is 5.75 Å². The molecule has 1 saturated heterocycles. The largest absolute Gasteiger partial charge is 0.506 e. The number of phenols is 1. The third-order valence-corrected chi connectivity index (χ3v) is 3.93. The molecule has 1 atom stereocenters. The fourth-order valence-corrected chi connectivity index (χ4v) is 2.54. The van der Waals surface area contributed by atoms with Crippen molar-refractivity contribution >= 4 is 17.5 Å². The third-order valence-electron chi connectivity index (χ3n) is 3.63. The molecule has 2 rings (SSSR count). The third kappa shape index (κ3) is 3.61. The summed E-state index contributed by atoms with van der Waals surface area (Å²) in [5, 5.41) is 12.4. The van der Waals surface area contributed by atoms with Gasteiger partial charge in [0, 0.05) is 18.2 Å². The van der Waals surface area contributed by atoms with Crippen LogP contribution in [0.4, 0.5) is 0 Å². The molecule has 19 heavy (non-hydrogen) atoms.